The van der Waals surface area contributed by atoms with Gasteiger partial charge < -0.3 is 14.7 Å². The Morgan fingerprint density at radius 2 is 2.10 bits per heavy atom. The number of hydrogen-bond donors (Lipinski definition) is 1. The van der Waals surface area contributed by atoms with Gasteiger partial charge in [-0.3, -0.25) is 4.79 Å². The first kappa shape index (κ1) is 22.6. The topological polar surface area (TPSA) is 87.2 Å². The zero-order valence-corrected chi connectivity index (χ0v) is 18.8. The number of nitrogens with zero attached hydrogens (tertiary/aromatic N) is 2. The van der Waals surface area contributed by atoms with E-state index in [1.807, 2.05) is 6.92 Å². The molecule has 1 aliphatic heterocycles. The Kier molecular flexibility index (Phi) is 6.75. The van der Waals surface area contributed by atoms with Crippen LogP contribution in [0.25, 0.3) is 0 Å². The number of aliphatic hydroxyl groups excluding tert-OH is 1. The molecule has 30 heavy (non-hydrogen) atoms. The Balaban J connectivity index is 2.06. The maximum atomic E-state index is 13.4. The SMILES string of the molecule is CC(=O)N(C)C[C@H]1Oc2cc(C#CC3CC3)ccc2S(=O)(=O)N([C@@H](C)CO)C[C@H]1C. The number of amides is 1. The second kappa shape index (κ2) is 8.96. The maximum absolute atomic E-state index is 13.4. The molecule has 2 aliphatic rings. The lowest BCUT2D eigenvalue weighted by Gasteiger charge is -2.37. The van der Waals surface area contributed by atoms with E-state index in [1.54, 1.807) is 31.0 Å². The summed E-state index contributed by atoms with van der Waals surface area (Å²) in [5.74, 6) is 6.65. The van der Waals surface area contributed by atoms with Crippen LogP contribution in [0.1, 0.15) is 39.2 Å². The average Bonchev–Trinajstić information content (AvgIpc) is 3.52. The fourth-order valence-electron chi connectivity index (χ4n) is 3.33. The number of fused-ring (bicyclic) bond motifs is 1. The maximum Gasteiger partial charge on any atom is 0.247 e. The van der Waals surface area contributed by atoms with Gasteiger partial charge >= 0.3 is 0 Å². The molecule has 1 fully saturated rings. The molecule has 1 N–H and O–H groups in total. The van der Waals surface area contributed by atoms with E-state index in [9.17, 15) is 18.3 Å². The molecule has 0 saturated heterocycles. The number of ether oxygens (including phenoxy) is 1. The third-order valence-corrected chi connectivity index (χ3v) is 7.68. The zero-order valence-electron chi connectivity index (χ0n) is 18.0. The van der Waals surface area contributed by atoms with Crippen molar-refractivity contribution in [3.8, 4) is 17.6 Å². The van der Waals surface area contributed by atoms with E-state index in [1.165, 1.54) is 17.3 Å². The van der Waals surface area contributed by atoms with Crippen LogP contribution in [0.2, 0.25) is 0 Å². The summed E-state index contributed by atoms with van der Waals surface area (Å²) in [6, 6.07) is 4.31. The largest absolute Gasteiger partial charge is 0.487 e. The van der Waals surface area contributed by atoms with Crippen LogP contribution < -0.4 is 4.74 Å². The van der Waals surface area contributed by atoms with E-state index in [0.717, 1.165) is 12.8 Å². The highest BCUT2D eigenvalue weighted by atomic mass is 32.2. The number of benzene rings is 1. The molecule has 0 spiro atoms. The van der Waals surface area contributed by atoms with Crippen molar-refractivity contribution in [2.24, 2.45) is 11.8 Å². The van der Waals surface area contributed by atoms with E-state index < -0.39 is 22.2 Å². The molecule has 3 atom stereocenters. The molecule has 1 amide bonds. The highest BCUT2D eigenvalue weighted by Gasteiger charge is 2.38. The van der Waals surface area contributed by atoms with Crippen LogP contribution in [0.3, 0.4) is 0 Å². The predicted octanol–water partition coefficient (Wildman–Crippen LogP) is 1.70. The van der Waals surface area contributed by atoms with Crippen LogP contribution in [0.5, 0.6) is 5.75 Å². The summed E-state index contributed by atoms with van der Waals surface area (Å²) in [7, 11) is -2.18. The van der Waals surface area contributed by atoms with Crippen molar-refractivity contribution < 1.29 is 23.1 Å². The fourth-order valence-corrected chi connectivity index (χ4v) is 5.16. The Hall–Kier alpha value is -2.08. The molecule has 1 heterocycles. The average molecular weight is 435 g/mol. The Bertz CT molecular complexity index is 961. The van der Waals surface area contributed by atoms with Gasteiger partial charge in [-0.25, -0.2) is 8.42 Å². The van der Waals surface area contributed by atoms with Crippen molar-refractivity contribution in [1.29, 1.82) is 0 Å². The summed E-state index contributed by atoms with van der Waals surface area (Å²) >= 11 is 0. The van der Waals surface area contributed by atoms with Crippen molar-refractivity contribution in [1.82, 2.24) is 9.21 Å². The van der Waals surface area contributed by atoms with Crippen molar-refractivity contribution in [3.63, 3.8) is 0 Å². The minimum Gasteiger partial charge on any atom is -0.487 e. The molecule has 1 saturated carbocycles. The summed E-state index contributed by atoms with van der Waals surface area (Å²) < 4.78 is 34.3. The monoisotopic (exact) mass is 434 g/mol. The van der Waals surface area contributed by atoms with E-state index >= 15 is 0 Å². The van der Waals surface area contributed by atoms with Crippen LogP contribution >= 0.6 is 0 Å². The van der Waals surface area contributed by atoms with E-state index in [-0.39, 0.29) is 35.6 Å². The van der Waals surface area contributed by atoms with Gasteiger partial charge in [-0.05, 0) is 38.0 Å². The first-order valence-corrected chi connectivity index (χ1v) is 11.7. The van der Waals surface area contributed by atoms with E-state index in [0.29, 0.717) is 18.0 Å². The first-order valence-electron chi connectivity index (χ1n) is 10.3. The second-order valence-corrected chi connectivity index (χ2v) is 10.2. The highest BCUT2D eigenvalue weighted by Crippen LogP contribution is 2.34. The van der Waals surface area contributed by atoms with Crippen LogP contribution in [0.15, 0.2) is 23.1 Å². The van der Waals surface area contributed by atoms with Gasteiger partial charge in [0.1, 0.15) is 16.7 Å². The molecule has 7 nitrogen and oxygen atoms in total. The summed E-state index contributed by atoms with van der Waals surface area (Å²) in [5, 5.41) is 9.66. The Morgan fingerprint density at radius 1 is 1.40 bits per heavy atom. The van der Waals surface area contributed by atoms with Gasteiger partial charge in [0.05, 0.1) is 13.2 Å². The molecule has 8 heteroatoms. The van der Waals surface area contributed by atoms with Crippen LogP contribution in [0.4, 0.5) is 0 Å². The number of carbonyl (C=O) groups is 1. The lowest BCUT2D eigenvalue weighted by Crippen LogP contribution is -2.50. The molecule has 1 aromatic carbocycles. The molecule has 164 valence electrons. The summed E-state index contributed by atoms with van der Waals surface area (Å²) in [5.41, 5.74) is 0.699. The van der Waals surface area contributed by atoms with Crippen molar-refractivity contribution in [3.05, 3.63) is 23.8 Å². The predicted molar refractivity (Wildman–Crippen MR) is 113 cm³/mol. The van der Waals surface area contributed by atoms with Crippen molar-refractivity contribution >= 4 is 15.9 Å². The number of rotatable bonds is 4. The lowest BCUT2D eigenvalue weighted by molar-refractivity contribution is -0.129. The minimum absolute atomic E-state index is 0.0575. The highest BCUT2D eigenvalue weighted by molar-refractivity contribution is 7.89. The van der Waals surface area contributed by atoms with Gasteiger partial charge in [-0.2, -0.15) is 4.31 Å². The zero-order chi connectivity index (χ0) is 22.1. The molecule has 3 rings (SSSR count). The molecule has 0 aromatic heterocycles. The van der Waals surface area contributed by atoms with Crippen molar-refractivity contribution in [2.75, 3.05) is 26.7 Å². The summed E-state index contributed by atoms with van der Waals surface area (Å²) in [6.45, 7) is 5.28. The van der Waals surface area contributed by atoms with Crippen LogP contribution in [-0.2, 0) is 14.8 Å². The van der Waals surface area contributed by atoms with Gasteiger partial charge in [0.2, 0.25) is 15.9 Å². The fraction of sp³-hybridized carbons (Fsp3) is 0.591. The molecular formula is C22H30N2O5S. The third-order valence-electron chi connectivity index (χ3n) is 5.66. The Labute approximate surface area is 179 Å². The van der Waals surface area contributed by atoms with Crippen molar-refractivity contribution in [2.45, 2.75) is 50.7 Å². The molecule has 1 aromatic rings. The Morgan fingerprint density at radius 3 is 2.70 bits per heavy atom. The minimum atomic E-state index is -3.87. The first-order chi connectivity index (χ1) is 14.1. The molecule has 0 unspecified atom stereocenters. The molecule has 0 bridgehead atoms. The van der Waals surface area contributed by atoms with Gasteiger partial charge in [-0.1, -0.05) is 18.8 Å². The third kappa shape index (κ3) is 4.97. The standard InChI is InChI=1S/C22H30N2O5S/c1-15-12-24(16(2)14-25)30(27,28)22-10-9-19(8-7-18-5-6-18)11-20(22)29-21(15)13-23(4)17(3)26/h9-11,15-16,18,21,25H,5-6,12-14H2,1-4H3/t15-,16+,21-/m1/s1. The van der Waals surface area contributed by atoms with Gasteiger partial charge in [0.15, 0.2) is 0 Å². The number of aliphatic hydroxyl groups is 1. The van der Waals surface area contributed by atoms with Gasteiger partial charge in [0.25, 0.3) is 0 Å². The molecule has 0 radical (unpaired) electrons. The summed E-state index contributed by atoms with van der Waals surface area (Å²) in [4.78, 5) is 13.4. The number of sulfonamides is 1. The van der Waals surface area contributed by atoms with E-state index in [4.69, 9.17) is 4.74 Å². The van der Waals surface area contributed by atoms with Crippen LogP contribution in [0, 0.1) is 23.7 Å². The van der Waals surface area contributed by atoms with Gasteiger partial charge in [0, 0.05) is 44.0 Å². The number of likely N-dealkylation sites (N-methyl/N-ethyl adjacent to an activating group) is 1. The van der Waals surface area contributed by atoms with E-state index in [2.05, 4.69) is 11.8 Å². The molecular weight excluding hydrogens is 404 g/mol. The normalized spacial score (nSPS) is 24.3. The number of carbonyl (C=O) groups excluding carboxylic acids is 1. The number of hydrogen-bond acceptors (Lipinski definition) is 5. The lowest BCUT2D eigenvalue weighted by atomic mass is 10.0. The second-order valence-electron chi connectivity index (χ2n) is 8.34. The molecule has 1 aliphatic carbocycles. The quantitative estimate of drug-likeness (QED) is 0.729. The van der Waals surface area contributed by atoms with Crippen LogP contribution in [-0.4, -0.2) is 67.5 Å². The smallest absolute Gasteiger partial charge is 0.247 e. The van der Waals surface area contributed by atoms with Gasteiger partial charge in [-0.15, -0.1) is 0 Å². The summed E-state index contributed by atoms with van der Waals surface area (Å²) in [6.07, 6.45) is 1.80.